The molecule has 1 amide bonds. The van der Waals surface area contributed by atoms with E-state index >= 15 is 0 Å². The molecule has 1 saturated carbocycles. The Hall–Kier alpha value is -0.530. The van der Waals surface area contributed by atoms with Gasteiger partial charge in [-0.05, 0) is 26.7 Å². The summed E-state index contributed by atoms with van der Waals surface area (Å²) in [5.41, 5.74) is -0.253. The molecule has 0 N–H and O–H groups in total. The zero-order valence-electron chi connectivity index (χ0n) is 12.3. The molecule has 0 radical (unpaired) electrons. The summed E-state index contributed by atoms with van der Waals surface area (Å²) in [4.78, 5) is 14.7. The Morgan fingerprint density at radius 3 is 1.88 bits per heavy atom. The Kier molecular flexibility index (Phi) is 5.03. The summed E-state index contributed by atoms with van der Waals surface area (Å²) in [5.74, 6) is 0.319. The Balaban J connectivity index is 2.80. The number of carbonyl (C=O) groups excluding carboxylic acids is 1. The largest absolute Gasteiger partial charge is 0.337 e. The summed E-state index contributed by atoms with van der Waals surface area (Å²) < 4.78 is 0. The van der Waals surface area contributed by atoms with Crippen LogP contribution in [0.25, 0.3) is 0 Å². The molecule has 1 aliphatic rings. The van der Waals surface area contributed by atoms with Crippen molar-refractivity contribution >= 4 is 5.91 Å². The SMILES string of the molecule is CC(C)N(C(=O)C(C)(C)C)C1CCCCCC1. The van der Waals surface area contributed by atoms with Gasteiger partial charge in [-0.15, -0.1) is 0 Å². The van der Waals surface area contributed by atoms with Gasteiger partial charge in [-0.3, -0.25) is 4.79 Å². The Morgan fingerprint density at radius 1 is 1.06 bits per heavy atom. The highest BCUT2D eigenvalue weighted by Crippen LogP contribution is 2.28. The van der Waals surface area contributed by atoms with Crippen LogP contribution in [0.4, 0.5) is 0 Å². The molecular formula is C15H29NO. The van der Waals surface area contributed by atoms with Crippen LogP contribution in [0.2, 0.25) is 0 Å². The lowest BCUT2D eigenvalue weighted by molar-refractivity contribution is -0.144. The van der Waals surface area contributed by atoms with Gasteiger partial charge in [0.05, 0.1) is 0 Å². The monoisotopic (exact) mass is 239 g/mol. The lowest BCUT2D eigenvalue weighted by Gasteiger charge is -2.39. The second kappa shape index (κ2) is 5.88. The number of hydrogen-bond donors (Lipinski definition) is 0. The minimum atomic E-state index is -0.253. The van der Waals surface area contributed by atoms with Gasteiger partial charge in [0.2, 0.25) is 5.91 Å². The van der Waals surface area contributed by atoms with Crippen LogP contribution < -0.4 is 0 Å². The molecule has 17 heavy (non-hydrogen) atoms. The first-order valence-electron chi connectivity index (χ1n) is 7.17. The van der Waals surface area contributed by atoms with Crippen LogP contribution in [-0.4, -0.2) is 22.9 Å². The highest BCUT2D eigenvalue weighted by molar-refractivity contribution is 5.82. The van der Waals surface area contributed by atoms with Gasteiger partial charge in [-0.25, -0.2) is 0 Å². The van der Waals surface area contributed by atoms with Crippen LogP contribution in [0.15, 0.2) is 0 Å². The molecule has 0 aromatic rings. The van der Waals surface area contributed by atoms with Crippen molar-refractivity contribution in [1.82, 2.24) is 4.90 Å². The van der Waals surface area contributed by atoms with Crippen molar-refractivity contribution < 1.29 is 4.79 Å². The molecule has 0 spiro atoms. The molecule has 2 heteroatoms. The van der Waals surface area contributed by atoms with Crippen LogP contribution in [0.3, 0.4) is 0 Å². The molecule has 1 rings (SSSR count). The molecule has 0 aromatic carbocycles. The van der Waals surface area contributed by atoms with E-state index in [1.807, 2.05) is 20.8 Å². The summed E-state index contributed by atoms with van der Waals surface area (Å²) in [5, 5.41) is 0. The molecule has 1 fully saturated rings. The number of carbonyl (C=O) groups is 1. The van der Waals surface area contributed by atoms with E-state index in [2.05, 4.69) is 18.7 Å². The number of rotatable bonds is 2. The fraction of sp³-hybridized carbons (Fsp3) is 0.933. The Bertz CT molecular complexity index is 244. The zero-order chi connectivity index (χ0) is 13.1. The highest BCUT2D eigenvalue weighted by atomic mass is 16.2. The molecule has 1 aliphatic carbocycles. The third-order valence-corrected chi connectivity index (χ3v) is 3.65. The number of hydrogen-bond acceptors (Lipinski definition) is 1. The van der Waals surface area contributed by atoms with Crippen molar-refractivity contribution in [1.29, 1.82) is 0 Å². The average molecular weight is 239 g/mol. The van der Waals surface area contributed by atoms with Gasteiger partial charge in [0.15, 0.2) is 0 Å². The predicted molar refractivity (Wildman–Crippen MR) is 72.9 cm³/mol. The molecule has 0 heterocycles. The summed E-state index contributed by atoms with van der Waals surface area (Å²) >= 11 is 0. The second-order valence-electron chi connectivity index (χ2n) is 6.70. The van der Waals surface area contributed by atoms with Gasteiger partial charge >= 0.3 is 0 Å². The summed E-state index contributed by atoms with van der Waals surface area (Å²) in [7, 11) is 0. The topological polar surface area (TPSA) is 20.3 Å². The average Bonchev–Trinajstić information content (AvgIpc) is 2.44. The van der Waals surface area contributed by atoms with E-state index in [-0.39, 0.29) is 5.41 Å². The quantitative estimate of drug-likeness (QED) is 0.667. The van der Waals surface area contributed by atoms with E-state index in [0.29, 0.717) is 18.0 Å². The lowest BCUT2D eigenvalue weighted by atomic mass is 9.92. The van der Waals surface area contributed by atoms with Gasteiger partial charge < -0.3 is 4.90 Å². The highest BCUT2D eigenvalue weighted by Gasteiger charge is 2.33. The second-order valence-corrected chi connectivity index (χ2v) is 6.70. The third-order valence-electron chi connectivity index (χ3n) is 3.65. The summed E-state index contributed by atoms with van der Waals surface area (Å²) in [6.45, 7) is 10.4. The number of nitrogens with zero attached hydrogens (tertiary/aromatic N) is 1. The zero-order valence-corrected chi connectivity index (χ0v) is 12.3. The molecule has 2 nitrogen and oxygen atoms in total. The van der Waals surface area contributed by atoms with E-state index in [1.165, 1.54) is 38.5 Å². The van der Waals surface area contributed by atoms with Gasteiger partial charge in [0.1, 0.15) is 0 Å². The standard InChI is InChI=1S/C15H29NO/c1-12(2)16(14(17)15(3,4)5)13-10-8-6-7-9-11-13/h12-13H,6-11H2,1-5H3. The lowest BCUT2D eigenvalue weighted by Crippen LogP contribution is -2.49. The van der Waals surface area contributed by atoms with E-state index in [0.717, 1.165) is 0 Å². The maximum Gasteiger partial charge on any atom is 0.228 e. The van der Waals surface area contributed by atoms with Crippen molar-refractivity contribution in [2.45, 2.75) is 85.2 Å². The third kappa shape index (κ3) is 4.01. The molecule has 0 unspecified atom stereocenters. The minimum Gasteiger partial charge on any atom is -0.337 e. The number of amides is 1. The van der Waals surface area contributed by atoms with Crippen LogP contribution >= 0.6 is 0 Å². The van der Waals surface area contributed by atoms with Crippen LogP contribution in [0.5, 0.6) is 0 Å². The first-order chi connectivity index (χ1) is 7.84. The molecule has 0 atom stereocenters. The molecule has 0 saturated heterocycles. The maximum atomic E-state index is 12.5. The normalized spacial score (nSPS) is 19.2. The maximum absolute atomic E-state index is 12.5. The molecular weight excluding hydrogens is 210 g/mol. The molecule has 0 aromatic heterocycles. The molecule has 100 valence electrons. The molecule has 0 aliphatic heterocycles. The Labute approximate surface area is 107 Å². The first-order valence-corrected chi connectivity index (χ1v) is 7.17. The van der Waals surface area contributed by atoms with Gasteiger partial charge in [0, 0.05) is 17.5 Å². The van der Waals surface area contributed by atoms with Gasteiger partial charge in [-0.2, -0.15) is 0 Å². The van der Waals surface area contributed by atoms with Gasteiger partial charge in [-0.1, -0.05) is 46.5 Å². The summed E-state index contributed by atoms with van der Waals surface area (Å²) in [6, 6.07) is 0.800. The van der Waals surface area contributed by atoms with Crippen LogP contribution in [0, 0.1) is 5.41 Å². The predicted octanol–water partition coefficient (Wildman–Crippen LogP) is 3.99. The first kappa shape index (κ1) is 14.5. The fourth-order valence-electron chi connectivity index (χ4n) is 2.75. The van der Waals surface area contributed by atoms with Crippen LogP contribution in [-0.2, 0) is 4.79 Å². The van der Waals surface area contributed by atoms with E-state index < -0.39 is 0 Å². The van der Waals surface area contributed by atoms with Crippen LogP contribution in [0.1, 0.15) is 73.1 Å². The minimum absolute atomic E-state index is 0.253. The summed E-state index contributed by atoms with van der Waals surface area (Å²) in [6.07, 6.45) is 7.63. The fourth-order valence-corrected chi connectivity index (χ4v) is 2.75. The van der Waals surface area contributed by atoms with Crippen molar-refractivity contribution in [3.63, 3.8) is 0 Å². The van der Waals surface area contributed by atoms with Gasteiger partial charge in [0.25, 0.3) is 0 Å². The van der Waals surface area contributed by atoms with Crippen molar-refractivity contribution in [3.05, 3.63) is 0 Å². The molecule has 0 bridgehead atoms. The Morgan fingerprint density at radius 2 is 1.53 bits per heavy atom. The smallest absolute Gasteiger partial charge is 0.228 e. The van der Waals surface area contributed by atoms with Crippen molar-refractivity contribution in [2.75, 3.05) is 0 Å². The van der Waals surface area contributed by atoms with Crippen molar-refractivity contribution in [3.8, 4) is 0 Å². The van der Waals surface area contributed by atoms with Crippen molar-refractivity contribution in [2.24, 2.45) is 5.41 Å². The van der Waals surface area contributed by atoms with E-state index in [9.17, 15) is 4.79 Å². The van der Waals surface area contributed by atoms with E-state index in [4.69, 9.17) is 0 Å². The van der Waals surface area contributed by atoms with E-state index in [1.54, 1.807) is 0 Å².